The highest BCUT2D eigenvalue weighted by Gasteiger charge is 2.22. The van der Waals surface area contributed by atoms with Crippen LogP contribution >= 0.6 is 0 Å². The predicted molar refractivity (Wildman–Crippen MR) is 76.1 cm³/mol. The number of rotatable bonds is 5. The molecule has 0 spiro atoms. The summed E-state index contributed by atoms with van der Waals surface area (Å²) in [6.07, 6.45) is -0.808. The molecule has 1 aromatic carbocycles. The highest BCUT2D eigenvalue weighted by atomic mass is 32.2. The van der Waals surface area contributed by atoms with Gasteiger partial charge in [0.1, 0.15) is 10.6 Å². The summed E-state index contributed by atoms with van der Waals surface area (Å²) in [7, 11) is -3.92. The van der Waals surface area contributed by atoms with Gasteiger partial charge in [0, 0.05) is 6.54 Å². The molecule has 6 nitrogen and oxygen atoms in total. The van der Waals surface area contributed by atoms with Gasteiger partial charge in [-0.25, -0.2) is 13.6 Å². The van der Waals surface area contributed by atoms with Crippen LogP contribution in [0.3, 0.4) is 0 Å². The quantitative estimate of drug-likeness (QED) is 0.842. The third kappa shape index (κ3) is 3.94. The summed E-state index contributed by atoms with van der Waals surface area (Å²) in [5.41, 5.74) is 1.37. The lowest BCUT2D eigenvalue weighted by molar-refractivity contribution is -0.127. The van der Waals surface area contributed by atoms with E-state index in [-0.39, 0.29) is 16.6 Å². The number of hydrogen-bond donors (Lipinski definition) is 2. The van der Waals surface area contributed by atoms with E-state index in [9.17, 15) is 13.2 Å². The lowest BCUT2D eigenvalue weighted by atomic mass is 10.1. The molecule has 1 aromatic rings. The van der Waals surface area contributed by atoms with E-state index < -0.39 is 16.1 Å². The Hall–Kier alpha value is -1.60. The Morgan fingerprint density at radius 1 is 1.40 bits per heavy atom. The van der Waals surface area contributed by atoms with Crippen LogP contribution in [-0.4, -0.2) is 27.0 Å². The van der Waals surface area contributed by atoms with Crippen LogP contribution in [0.25, 0.3) is 0 Å². The van der Waals surface area contributed by atoms with Crippen molar-refractivity contribution < 1.29 is 17.9 Å². The molecule has 1 rings (SSSR count). The molecule has 1 unspecified atom stereocenters. The monoisotopic (exact) mass is 300 g/mol. The molecule has 0 aliphatic heterocycles. The van der Waals surface area contributed by atoms with Crippen LogP contribution in [0.4, 0.5) is 0 Å². The second-order valence-electron chi connectivity index (χ2n) is 4.61. The fraction of sp³-hybridized carbons (Fsp3) is 0.462. The Morgan fingerprint density at radius 3 is 2.50 bits per heavy atom. The number of benzene rings is 1. The van der Waals surface area contributed by atoms with Gasteiger partial charge in [-0.15, -0.1) is 0 Å². The second kappa shape index (κ2) is 6.23. The number of nitrogens with two attached hydrogens (primary N) is 1. The summed E-state index contributed by atoms with van der Waals surface area (Å²) in [4.78, 5) is 11.6. The summed E-state index contributed by atoms with van der Waals surface area (Å²) in [6.45, 7) is 7.29. The molecule has 3 N–H and O–H groups in total. The van der Waals surface area contributed by atoms with E-state index in [2.05, 4.69) is 5.32 Å². The Kier molecular flexibility index (Phi) is 5.13. The molecule has 0 aliphatic carbocycles. The van der Waals surface area contributed by atoms with Crippen molar-refractivity contribution in [2.24, 2.45) is 5.14 Å². The average molecular weight is 300 g/mol. The zero-order valence-corrected chi connectivity index (χ0v) is 12.9. The van der Waals surface area contributed by atoms with E-state index in [1.807, 2.05) is 0 Å². The molecule has 0 aromatic heterocycles. The summed E-state index contributed by atoms with van der Waals surface area (Å²) < 4.78 is 28.8. The van der Waals surface area contributed by atoms with Gasteiger partial charge in [-0.2, -0.15) is 0 Å². The number of likely N-dealkylation sites (N-methyl/N-ethyl adjacent to an activating group) is 1. The zero-order chi connectivity index (χ0) is 15.5. The molecule has 0 fully saturated rings. The van der Waals surface area contributed by atoms with Gasteiger partial charge in [-0.3, -0.25) is 4.79 Å². The van der Waals surface area contributed by atoms with E-state index in [0.29, 0.717) is 12.1 Å². The highest BCUT2D eigenvalue weighted by molar-refractivity contribution is 7.89. The number of amides is 1. The van der Waals surface area contributed by atoms with Gasteiger partial charge < -0.3 is 10.1 Å². The first-order valence-corrected chi connectivity index (χ1v) is 7.79. The maximum atomic E-state index is 11.7. The summed E-state index contributed by atoms with van der Waals surface area (Å²) in [5, 5.41) is 7.81. The zero-order valence-electron chi connectivity index (χ0n) is 12.1. The maximum Gasteiger partial charge on any atom is 0.260 e. The van der Waals surface area contributed by atoms with Crippen LogP contribution in [0.15, 0.2) is 17.0 Å². The number of carbonyl (C=O) groups is 1. The Bertz CT molecular complexity index is 611. The molecule has 112 valence electrons. The van der Waals surface area contributed by atoms with Crippen molar-refractivity contribution >= 4 is 15.9 Å². The Labute approximate surface area is 119 Å². The van der Waals surface area contributed by atoms with E-state index in [0.717, 1.165) is 5.56 Å². The molecule has 0 heterocycles. The molecule has 0 saturated carbocycles. The van der Waals surface area contributed by atoms with Crippen molar-refractivity contribution in [3.05, 3.63) is 23.3 Å². The highest BCUT2D eigenvalue weighted by Crippen LogP contribution is 2.29. The smallest absolute Gasteiger partial charge is 0.260 e. The SMILES string of the molecule is CCNC(=O)C(C)Oc1c(C)cc(C)cc1S(N)(=O)=O. The topological polar surface area (TPSA) is 98.5 Å². The maximum absolute atomic E-state index is 11.7. The Morgan fingerprint density at radius 2 is 2.00 bits per heavy atom. The number of aryl methyl sites for hydroxylation is 2. The van der Waals surface area contributed by atoms with Gasteiger partial charge in [0.2, 0.25) is 10.0 Å². The second-order valence-corrected chi connectivity index (χ2v) is 6.14. The first-order valence-electron chi connectivity index (χ1n) is 6.25. The predicted octanol–water partition coefficient (Wildman–Crippen LogP) is 0.854. The summed E-state index contributed by atoms with van der Waals surface area (Å²) >= 11 is 0. The first kappa shape index (κ1) is 16.5. The van der Waals surface area contributed by atoms with Crippen molar-refractivity contribution in [1.82, 2.24) is 5.32 Å². The van der Waals surface area contributed by atoms with Gasteiger partial charge in [0.15, 0.2) is 6.10 Å². The van der Waals surface area contributed by atoms with E-state index in [4.69, 9.17) is 9.88 Å². The third-order valence-electron chi connectivity index (χ3n) is 2.71. The van der Waals surface area contributed by atoms with Gasteiger partial charge in [0.05, 0.1) is 0 Å². The minimum atomic E-state index is -3.92. The largest absolute Gasteiger partial charge is 0.479 e. The van der Waals surface area contributed by atoms with Crippen molar-refractivity contribution in [3.8, 4) is 5.75 Å². The first-order chi connectivity index (χ1) is 9.16. The van der Waals surface area contributed by atoms with Gasteiger partial charge >= 0.3 is 0 Å². The van der Waals surface area contributed by atoms with Crippen molar-refractivity contribution in [3.63, 3.8) is 0 Å². The average Bonchev–Trinajstić information content (AvgIpc) is 2.31. The molecule has 0 bridgehead atoms. The van der Waals surface area contributed by atoms with Crippen LogP contribution in [0.1, 0.15) is 25.0 Å². The lowest BCUT2D eigenvalue weighted by Gasteiger charge is -2.18. The van der Waals surface area contributed by atoms with Crippen LogP contribution in [0.5, 0.6) is 5.75 Å². The van der Waals surface area contributed by atoms with Gasteiger partial charge in [-0.05, 0) is 44.9 Å². The normalized spacial score (nSPS) is 12.8. The van der Waals surface area contributed by atoms with Gasteiger partial charge in [-0.1, -0.05) is 6.07 Å². The molecule has 1 amide bonds. The number of primary sulfonamides is 1. The fourth-order valence-corrected chi connectivity index (χ4v) is 2.64. The molecule has 0 aliphatic rings. The third-order valence-corrected chi connectivity index (χ3v) is 3.62. The Balaban J connectivity index is 3.21. The number of hydrogen-bond acceptors (Lipinski definition) is 4. The molecule has 20 heavy (non-hydrogen) atoms. The number of ether oxygens (including phenoxy) is 1. The van der Waals surface area contributed by atoms with Crippen LogP contribution in [-0.2, 0) is 14.8 Å². The lowest BCUT2D eigenvalue weighted by Crippen LogP contribution is -2.36. The fourth-order valence-electron chi connectivity index (χ4n) is 1.83. The minimum Gasteiger partial charge on any atom is -0.479 e. The van der Waals surface area contributed by atoms with Gasteiger partial charge in [0.25, 0.3) is 5.91 Å². The molecule has 0 radical (unpaired) electrons. The van der Waals surface area contributed by atoms with Crippen molar-refractivity contribution in [2.75, 3.05) is 6.54 Å². The van der Waals surface area contributed by atoms with E-state index in [1.54, 1.807) is 33.8 Å². The van der Waals surface area contributed by atoms with Crippen LogP contribution < -0.4 is 15.2 Å². The standard InChI is InChI=1S/C13H20N2O4S/c1-5-15-13(16)10(4)19-12-9(3)6-8(2)7-11(12)20(14,17)18/h6-7,10H,5H2,1-4H3,(H,15,16)(H2,14,17,18). The van der Waals surface area contributed by atoms with Crippen LogP contribution in [0, 0.1) is 13.8 Å². The van der Waals surface area contributed by atoms with E-state index >= 15 is 0 Å². The number of nitrogens with one attached hydrogen (secondary N) is 1. The molecule has 1 atom stereocenters. The minimum absolute atomic E-state index is 0.105. The molecule has 7 heteroatoms. The number of sulfonamides is 1. The number of carbonyl (C=O) groups excluding carboxylic acids is 1. The molecule has 0 saturated heterocycles. The van der Waals surface area contributed by atoms with Crippen molar-refractivity contribution in [1.29, 1.82) is 0 Å². The summed E-state index contributed by atoms with van der Waals surface area (Å²) in [5.74, 6) is -0.190. The van der Waals surface area contributed by atoms with Crippen LogP contribution in [0.2, 0.25) is 0 Å². The van der Waals surface area contributed by atoms with E-state index in [1.165, 1.54) is 6.07 Å². The summed E-state index contributed by atoms with van der Waals surface area (Å²) in [6, 6.07) is 3.20. The molecular weight excluding hydrogens is 280 g/mol. The van der Waals surface area contributed by atoms with Crippen molar-refractivity contribution in [2.45, 2.75) is 38.7 Å². The molecular formula is C13H20N2O4S.